The molecule has 2 nitrogen and oxygen atoms in total. The molecule has 0 bridgehead atoms. The molecule has 0 aromatic heterocycles. The molecular weight excluding hydrogens is 126 g/mol. The van der Waals surface area contributed by atoms with E-state index in [-0.39, 0.29) is 5.78 Å². The number of nitrogens with zero attached hydrogens (tertiary/aromatic N) is 1. The van der Waals surface area contributed by atoms with Crippen LogP contribution in [0.2, 0.25) is 0 Å². The van der Waals surface area contributed by atoms with Crippen LogP contribution in [0, 0.1) is 0 Å². The second-order valence-corrected chi connectivity index (χ2v) is 1.85. The van der Waals surface area contributed by atoms with Crippen LogP contribution in [0.3, 0.4) is 0 Å². The number of Topliss-reactive ketones (excluding diaryl/α,β-unsaturated/α-hetero) is 1. The highest BCUT2D eigenvalue weighted by Gasteiger charge is 1.91. The van der Waals surface area contributed by atoms with Gasteiger partial charge >= 0.3 is 0 Å². The van der Waals surface area contributed by atoms with Gasteiger partial charge in [-0.2, -0.15) is 0 Å². The number of allylic oxidation sites excluding steroid dienone is 3. The number of ketones is 1. The zero-order chi connectivity index (χ0) is 7.98. The van der Waals surface area contributed by atoms with E-state index < -0.39 is 0 Å². The predicted molar refractivity (Wildman–Crippen MR) is 43.4 cm³/mol. The van der Waals surface area contributed by atoms with Gasteiger partial charge in [0.05, 0.1) is 0 Å². The van der Waals surface area contributed by atoms with E-state index in [1.54, 1.807) is 25.4 Å². The standard InChI is InChI=1S/C8H11NO/c1-7(8(2)10)5-4-6-9-3/h4-6H,1H2,2-3H3/b5-4-,9-6?. The molecule has 2 heteroatoms. The third-order valence-corrected chi connectivity index (χ3v) is 0.985. The van der Waals surface area contributed by atoms with E-state index in [2.05, 4.69) is 11.6 Å². The second-order valence-electron chi connectivity index (χ2n) is 1.85. The lowest BCUT2D eigenvalue weighted by Crippen LogP contribution is -1.89. The van der Waals surface area contributed by atoms with E-state index in [0.29, 0.717) is 5.57 Å². The van der Waals surface area contributed by atoms with Gasteiger partial charge in [0.25, 0.3) is 0 Å². The van der Waals surface area contributed by atoms with E-state index in [1.807, 2.05) is 0 Å². The molecule has 0 aromatic carbocycles. The Labute approximate surface area is 61.0 Å². The zero-order valence-corrected chi connectivity index (χ0v) is 6.29. The fourth-order valence-corrected chi connectivity index (χ4v) is 0.363. The van der Waals surface area contributed by atoms with Crippen LogP contribution in [0.4, 0.5) is 0 Å². The molecule has 0 atom stereocenters. The average molecular weight is 137 g/mol. The third-order valence-electron chi connectivity index (χ3n) is 0.985. The predicted octanol–water partition coefficient (Wildman–Crippen LogP) is 1.39. The summed E-state index contributed by atoms with van der Waals surface area (Å²) in [6.07, 6.45) is 4.92. The number of hydrogen-bond acceptors (Lipinski definition) is 2. The van der Waals surface area contributed by atoms with Crippen molar-refractivity contribution in [1.82, 2.24) is 0 Å². The topological polar surface area (TPSA) is 29.4 Å². The Balaban J connectivity index is 3.90. The lowest BCUT2D eigenvalue weighted by Gasteiger charge is -1.86. The summed E-state index contributed by atoms with van der Waals surface area (Å²) in [4.78, 5) is 14.2. The van der Waals surface area contributed by atoms with Crippen LogP contribution < -0.4 is 0 Å². The Morgan fingerprint density at radius 1 is 1.60 bits per heavy atom. The summed E-state index contributed by atoms with van der Waals surface area (Å²) in [6, 6.07) is 0. The molecule has 0 heterocycles. The van der Waals surface area contributed by atoms with E-state index in [9.17, 15) is 4.79 Å². The van der Waals surface area contributed by atoms with Gasteiger partial charge in [-0.05, 0) is 13.0 Å². The summed E-state index contributed by atoms with van der Waals surface area (Å²) >= 11 is 0. The van der Waals surface area contributed by atoms with E-state index in [0.717, 1.165) is 0 Å². The number of rotatable bonds is 3. The summed E-state index contributed by atoms with van der Waals surface area (Å²) in [5, 5.41) is 0. The van der Waals surface area contributed by atoms with Crippen LogP contribution in [0.5, 0.6) is 0 Å². The highest BCUT2D eigenvalue weighted by Crippen LogP contribution is 1.92. The molecular formula is C8H11NO. The molecule has 10 heavy (non-hydrogen) atoms. The van der Waals surface area contributed by atoms with Crippen LogP contribution in [0.15, 0.2) is 29.3 Å². The summed E-state index contributed by atoms with van der Waals surface area (Å²) < 4.78 is 0. The van der Waals surface area contributed by atoms with Crippen LogP contribution in [0.1, 0.15) is 6.92 Å². The number of carbonyl (C=O) groups is 1. The minimum atomic E-state index is -0.0132. The van der Waals surface area contributed by atoms with Gasteiger partial charge in [0, 0.05) is 18.8 Å². The Hall–Kier alpha value is -1.18. The first-order chi connectivity index (χ1) is 4.68. The van der Waals surface area contributed by atoms with Crippen molar-refractivity contribution in [1.29, 1.82) is 0 Å². The van der Waals surface area contributed by atoms with Gasteiger partial charge in [0.2, 0.25) is 0 Å². The molecule has 0 saturated carbocycles. The molecule has 0 amide bonds. The molecule has 54 valence electrons. The summed E-state index contributed by atoms with van der Waals surface area (Å²) in [5.74, 6) is -0.0132. The molecule has 0 aliphatic rings. The Kier molecular flexibility index (Phi) is 4.12. The van der Waals surface area contributed by atoms with Crippen molar-refractivity contribution in [2.45, 2.75) is 6.92 Å². The van der Waals surface area contributed by atoms with E-state index in [4.69, 9.17) is 0 Å². The normalized spacial score (nSPS) is 11.0. The highest BCUT2D eigenvalue weighted by molar-refractivity contribution is 5.96. The van der Waals surface area contributed by atoms with Crippen LogP contribution in [-0.2, 0) is 4.79 Å². The van der Waals surface area contributed by atoms with Gasteiger partial charge in [-0.1, -0.05) is 12.7 Å². The van der Waals surface area contributed by atoms with E-state index >= 15 is 0 Å². The van der Waals surface area contributed by atoms with Crippen molar-refractivity contribution >= 4 is 12.0 Å². The number of aliphatic imine (C=N–C) groups is 1. The SMILES string of the molecule is C=C(/C=C\C=NC)C(C)=O. The van der Waals surface area contributed by atoms with Crippen molar-refractivity contribution in [3.05, 3.63) is 24.3 Å². The number of hydrogen-bond donors (Lipinski definition) is 0. The Morgan fingerprint density at radius 2 is 2.20 bits per heavy atom. The maximum atomic E-state index is 10.5. The molecule has 0 fully saturated rings. The van der Waals surface area contributed by atoms with Crippen molar-refractivity contribution in [2.24, 2.45) is 4.99 Å². The molecule has 0 aliphatic heterocycles. The van der Waals surface area contributed by atoms with Crippen molar-refractivity contribution in [2.75, 3.05) is 7.05 Å². The second kappa shape index (κ2) is 4.68. The molecule has 0 aromatic rings. The largest absolute Gasteiger partial charge is 0.297 e. The maximum absolute atomic E-state index is 10.5. The van der Waals surface area contributed by atoms with E-state index in [1.165, 1.54) is 6.92 Å². The minimum absolute atomic E-state index is 0.0132. The summed E-state index contributed by atoms with van der Waals surface area (Å²) in [5.41, 5.74) is 0.500. The molecule has 0 rings (SSSR count). The van der Waals surface area contributed by atoms with Gasteiger partial charge in [0.15, 0.2) is 5.78 Å². The smallest absolute Gasteiger partial charge is 0.159 e. The molecule has 0 spiro atoms. The fourth-order valence-electron chi connectivity index (χ4n) is 0.363. The van der Waals surface area contributed by atoms with Crippen molar-refractivity contribution < 1.29 is 4.79 Å². The van der Waals surface area contributed by atoms with Crippen LogP contribution >= 0.6 is 0 Å². The first kappa shape index (κ1) is 8.82. The Morgan fingerprint density at radius 3 is 2.60 bits per heavy atom. The summed E-state index contributed by atoms with van der Waals surface area (Å²) in [6.45, 7) is 5.01. The maximum Gasteiger partial charge on any atom is 0.159 e. The highest BCUT2D eigenvalue weighted by atomic mass is 16.1. The van der Waals surface area contributed by atoms with Gasteiger partial charge in [-0.3, -0.25) is 9.79 Å². The van der Waals surface area contributed by atoms with Crippen LogP contribution in [0.25, 0.3) is 0 Å². The van der Waals surface area contributed by atoms with Gasteiger partial charge < -0.3 is 0 Å². The monoisotopic (exact) mass is 137 g/mol. The van der Waals surface area contributed by atoms with Crippen molar-refractivity contribution in [3.63, 3.8) is 0 Å². The first-order valence-electron chi connectivity index (χ1n) is 2.97. The first-order valence-corrected chi connectivity index (χ1v) is 2.97. The van der Waals surface area contributed by atoms with Gasteiger partial charge in [-0.15, -0.1) is 0 Å². The lowest BCUT2D eigenvalue weighted by atomic mass is 10.2. The molecule has 0 N–H and O–H groups in total. The van der Waals surface area contributed by atoms with Crippen LogP contribution in [-0.4, -0.2) is 19.0 Å². The van der Waals surface area contributed by atoms with Gasteiger partial charge in [-0.25, -0.2) is 0 Å². The number of carbonyl (C=O) groups excluding carboxylic acids is 1. The molecule has 0 saturated heterocycles. The average Bonchev–Trinajstić information content (AvgIpc) is 1.88. The lowest BCUT2D eigenvalue weighted by molar-refractivity contribution is -0.113. The fraction of sp³-hybridized carbons (Fsp3) is 0.250. The molecule has 0 aliphatic carbocycles. The summed E-state index contributed by atoms with van der Waals surface area (Å²) in [7, 11) is 1.67. The zero-order valence-electron chi connectivity index (χ0n) is 6.29. The van der Waals surface area contributed by atoms with Gasteiger partial charge in [0.1, 0.15) is 0 Å². The molecule has 0 radical (unpaired) electrons. The molecule has 0 unspecified atom stereocenters. The Bertz CT molecular complexity index is 189. The minimum Gasteiger partial charge on any atom is -0.297 e. The third kappa shape index (κ3) is 3.78. The van der Waals surface area contributed by atoms with Crippen molar-refractivity contribution in [3.8, 4) is 0 Å². The quantitative estimate of drug-likeness (QED) is 0.328.